The van der Waals surface area contributed by atoms with Gasteiger partial charge in [0.1, 0.15) is 0 Å². The first-order chi connectivity index (χ1) is 38.5. The number of hydrogen-bond acceptors (Lipinski definition) is 2. The maximum absolute atomic E-state index is 2.62. The van der Waals surface area contributed by atoms with E-state index in [0.717, 1.165) is 22.7 Å². The van der Waals surface area contributed by atoms with Gasteiger partial charge >= 0.3 is 6.98 Å². The third-order valence-electron chi connectivity index (χ3n) is 17.0. The smallest absolute Gasteiger partial charge is 0.361 e. The number of anilines is 4. The van der Waals surface area contributed by atoms with Gasteiger partial charge in [-0.25, -0.2) is 0 Å². The monoisotopic (exact) mass is 1010 g/mol. The molecule has 0 spiro atoms. The van der Waals surface area contributed by atoms with Crippen LogP contribution in [0.4, 0.5) is 22.7 Å². The van der Waals surface area contributed by atoms with Crippen LogP contribution in [-0.4, -0.2) is 16.1 Å². The maximum Gasteiger partial charge on any atom is 0.421 e. The van der Waals surface area contributed by atoms with Crippen molar-refractivity contribution in [1.29, 1.82) is 0 Å². The molecule has 2 aliphatic heterocycles. The molecule has 0 saturated carbocycles. The van der Waals surface area contributed by atoms with Crippen LogP contribution in [-0.2, 0) is 10.8 Å². The molecule has 0 fully saturated rings. The number of aromatic nitrogens is 2. The highest BCUT2D eigenvalue weighted by Gasteiger charge is 2.47. The first-order valence-electron chi connectivity index (χ1n) is 27.9. The lowest BCUT2D eigenvalue weighted by Gasteiger charge is -2.48. The van der Waals surface area contributed by atoms with Gasteiger partial charge < -0.3 is 18.8 Å². The molecule has 4 heterocycles. The van der Waals surface area contributed by atoms with E-state index in [2.05, 4.69) is 309 Å². The number of fused-ring (bicyclic) bond motifs is 10. The Bertz CT molecular complexity index is 4270. The summed E-state index contributed by atoms with van der Waals surface area (Å²) in [6.45, 7) is 13.6. The maximum atomic E-state index is 2.62. The van der Waals surface area contributed by atoms with Gasteiger partial charge in [-0.2, -0.15) is 0 Å². The molecular formula is C74H59BN4. The van der Waals surface area contributed by atoms with Gasteiger partial charge in [-0.15, -0.1) is 0 Å². The van der Waals surface area contributed by atoms with E-state index < -0.39 is 0 Å². The van der Waals surface area contributed by atoms with Crippen molar-refractivity contribution < 1.29 is 0 Å². The standard InChI is InChI=1S/C74H59BN4/c1-73(2,3)52-32-36-56(37-33-52)78-70-42-30-50(48-28-40-68-62(44-48)58-22-13-15-26-66(58)76(68)54-18-9-7-10-19-54)46-64(70)60-24-17-25-61-65-47-51(31-43-71(65)79(75(78)72(60)61)57-38-34-53(35-39-57)74(4,5)6)49-29-41-69-63(45-49)59-23-14-16-27-67(59)77(69)55-20-11-8-12-21-55/h7-47H,1-6H3. The second-order valence-corrected chi connectivity index (χ2v) is 23.8. The van der Waals surface area contributed by atoms with Crippen LogP contribution in [0.3, 0.4) is 0 Å². The lowest BCUT2D eigenvalue weighted by atomic mass is 9.53. The van der Waals surface area contributed by atoms with Crippen LogP contribution >= 0.6 is 0 Å². The van der Waals surface area contributed by atoms with Crippen LogP contribution in [0.5, 0.6) is 0 Å². The molecule has 2 aliphatic rings. The summed E-state index contributed by atoms with van der Waals surface area (Å²) in [6, 6.07) is 93.4. The minimum absolute atomic E-state index is 0.00726. The minimum Gasteiger partial charge on any atom is -0.361 e. The topological polar surface area (TPSA) is 16.3 Å². The predicted octanol–water partition coefficient (Wildman–Crippen LogP) is 19.1. The lowest BCUT2D eigenvalue weighted by Crippen LogP contribution is -2.61. The molecule has 0 amide bonds. The molecule has 0 bridgehead atoms. The van der Waals surface area contributed by atoms with E-state index in [4.69, 9.17) is 0 Å². The number of hydrogen-bond donors (Lipinski definition) is 0. The van der Waals surface area contributed by atoms with Crippen molar-refractivity contribution in [2.45, 2.75) is 52.4 Å². The Morgan fingerprint density at radius 1 is 0.278 bits per heavy atom. The molecule has 4 nitrogen and oxygen atoms in total. The Balaban J connectivity index is 0.949. The second-order valence-electron chi connectivity index (χ2n) is 23.8. The van der Waals surface area contributed by atoms with Crippen molar-refractivity contribution in [3.63, 3.8) is 0 Å². The molecule has 378 valence electrons. The Labute approximate surface area is 463 Å². The molecule has 0 aliphatic carbocycles. The van der Waals surface area contributed by atoms with Gasteiger partial charge in [-0.3, -0.25) is 0 Å². The van der Waals surface area contributed by atoms with E-state index >= 15 is 0 Å². The summed E-state index contributed by atoms with van der Waals surface area (Å²) < 4.78 is 4.80. The Hall–Kier alpha value is -9.32. The van der Waals surface area contributed by atoms with Crippen LogP contribution in [0.1, 0.15) is 52.7 Å². The number of para-hydroxylation sites is 4. The lowest BCUT2D eigenvalue weighted by molar-refractivity contribution is 0.590. The van der Waals surface area contributed by atoms with Crippen molar-refractivity contribution >= 4 is 78.8 Å². The van der Waals surface area contributed by atoms with Crippen LogP contribution in [0.15, 0.2) is 249 Å². The second kappa shape index (κ2) is 17.6. The van der Waals surface area contributed by atoms with E-state index in [9.17, 15) is 0 Å². The number of rotatable bonds is 6. The fourth-order valence-electron chi connectivity index (χ4n) is 13.1. The van der Waals surface area contributed by atoms with Crippen LogP contribution < -0.4 is 15.1 Å². The third kappa shape index (κ3) is 7.43. The van der Waals surface area contributed by atoms with Crippen LogP contribution in [0.2, 0.25) is 0 Å². The fourth-order valence-corrected chi connectivity index (χ4v) is 13.1. The Kier molecular flexibility index (Phi) is 10.5. The van der Waals surface area contributed by atoms with Crippen molar-refractivity contribution in [1.82, 2.24) is 9.13 Å². The summed E-state index contributed by atoms with van der Waals surface area (Å²) in [6.07, 6.45) is 0. The summed E-state index contributed by atoms with van der Waals surface area (Å²) in [7, 11) is 0. The normalized spacial score (nSPS) is 13.1. The molecule has 0 radical (unpaired) electrons. The van der Waals surface area contributed by atoms with Crippen molar-refractivity contribution in [3.8, 4) is 55.9 Å². The van der Waals surface area contributed by atoms with E-state index in [1.807, 2.05) is 0 Å². The molecule has 0 N–H and O–H groups in total. The van der Waals surface area contributed by atoms with E-state index in [0.29, 0.717) is 0 Å². The zero-order valence-corrected chi connectivity index (χ0v) is 45.5. The molecule has 0 unspecified atom stereocenters. The average Bonchev–Trinajstić information content (AvgIpc) is 3.54. The number of benzene rings is 11. The first kappa shape index (κ1) is 46.9. The molecule has 11 aromatic carbocycles. The average molecular weight is 1020 g/mol. The highest BCUT2D eigenvalue weighted by atomic mass is 15.2. The predicted molar refractivity (Wildman–Crippen MR) is 337 cm³/mol. The van der Waals surface area contributed by atoms with E-state index in [-0.39, 0.29) is 17.8 Å². The Morgan fingerprint density at radius 2 is 0.646 bits per heavy atom. The zero-order chi connectivity index (χ0) is 53.3. The first-order valence-corrected chi connectivity index (χ1v) is 27.9. The molecule has 15 rings (SSSR count). The molecule has 5 heteroatoms. The van der Waals surface area contributed by atoms with Gasteiger partial charge in [0.2, 0.25) is 0 Å². The summed E-state index contributed by atoms with van der Waals surface area (Å²) in [4.78, 5) is 5.25. The molecule has 0 saturated heterocycles. The summed E-state index contributed by atoms with van der Waals surface area (Å²) in [5.41, 5.74) is 25.5. The minimum atomic E-state index is -0.204. The van der Waals surface area contributed by atoms with Crippen molar-refractivity contribution in [3.05, 3.63) is 260 Å². The summed E-state index contributed by atoms with van der Waals surface area (Å²) >= 11 is 0. The van der Waals surface area contributed by atoms with Gasteiger partial charge in [-0.1, -0.05) is 181 Å². The van der Waals surface area contributed by atoms with Gasteiger partial charge in [0.15, 0.2) is 0 Å². The highest BCUT2D eigenvalue weighted by molar-refractivity contribution is 6.86. The largest absolute Gasteiger partial charge is 0.421 e. The van der Waals surface area contributed by atoms with Gasteiger partial charge in [0.05, 0.1) is 22.1 Å². The molecule has 0 atom stereocenters. The van der Waals surface area contributed by atoms with Crippen LogP contribution in [0, 0.1) is 0 Å². The highest BCUT2D eigenvalue weighted by Crippen LogP contribution is 2.51. The summed E-state index contributed by atoms with van der Waals surface area (Å²) in [5, 5.41) is 4.99. The van der Waals surface area contributed by atoms with Crippen LogP contribution in [0.25, 0.3) is 99.5 Å². The van der Waals surface area contributed by atoms with Gasteiger partial charge in [0, 0.05) is 66.8 Å². The quantitative estimate of drug-likeness (QED) is 0.154. The third-order valence-corrected chi connectivity index (χ3v) is 17.0. The van der Waals surface area contributed by atoms with E-state index in [1.54, 1.807) is 0 Å². The fraction of sp³-hybridized carbons (Fsp3) is 0.108. The van der Waals surface area contributed by atoms with E-state index in [1.165, 1.54) is 116 Å². The van der Waals surface area contributed by atoms with Crippen molar-refractivity contribution in [2.24, 2.45) is 0 Å². The Morgan fingerprint density at radius 3 is 1.06 bits per heavy atom. The van der Waals surface area contributed by atoms with Crippen molar-refractivity contribution in [2.75, 3.05) is 9.62 Å². The molecular weight excluding hydrogens is 956 g/mol. The zero-order valence-electron chi connectivity index (χ0n) is 45.5. The SMILES string of the molecule is CC(C)(C)c1ccc(N2B3c4c(cccc4-c4cc(-c5ccc6c(c5)c5ccccc5n6-c5ccccc5)ccc4N3c3ccc(C(C)(C)C)cc3)-c3cc(-c4ccc5c(c4)c4ccccc4n5-c4ccccc4)ccc32)cc1. The molecule has 79 heavy (non-hydrogen) atoms. The molecule has 2 aromatic heterocycles. The van der Waals surface area contributed by atoms with Gasteiger partial charge in [0.25, 0.3) is 0 Å². The number of nitrogens with zero attached hydrogens (tertiary/aromatic N) is 4. The summed E-state index contributed by atoms with van der Waals surface area (Å²) in [5.74, 6) is 0. The van der Waals surface area contributed by atoms with Gasteiger partial charge in [-0.05, 0) is 170 Å². The molecule has 13 aromatic rings.